The average molecular weight is 279 g/mol. The number of nitrogens with zero attached hydrogens (tertiary/aromatic N) is 1. The zero-order chi connectivity index (χ0) is 14.0. The first-order valence-corrected chi connectivity index (χ1v) is 6.67. The summed E-state index contributed by atoms with van der Waals surface area (Å²) in [5.74, 6) is 0.0630. The van der Waals surface area contributed by atoms with Gasteiger partial charge in [0, 0.05) is 13.5 Å². The van der Waals surface area contributed by atoms with E-state index in [0.29, 0.717) is 6.42 Å². The lowest BCUT2D eigenvalue weighted by molar-refractivity contribution is -0.757. The number of amides is 2. The first-order valence-electron chi connectivity index (χ1n) is 5.28. The molecule has 0 fully saturated rings. The number of carbonyl (C=O) groups excluding carboxylic acids is 2. The summed E-state index contributed by atoms with van der Waals surface area (Å²) in [7, 11) is 0. The number of hydrogen-bond acceptors (Lipinski definition) is 6. The largest absolute Gasteiger partial charge is 0.352 e. The van der Waals surface area contributed by atoms with Crippen molar-refractivity contribution in [3.63, 3.8) is 0 Å². The van der Waals surface area contributed by atoms with E-state index in [1.54, 1.807) is 11.8 Å². The summed E-state index contributed by atoms with van der Waals surface area (Å²) in [6.07, 6.45) is 2.40. The topological polar surface area (TPSA) is 111 Å². The van der Waals surface area contributed by atoms with Gasteiger partial charge in [-0.1, -0.05) is 0 Å². The van der Waals surface area contributed by atoms with E-state index < -0.39 is 11.1 Å². The molecule has 0 aromatic heterocycles. The van der Waals surface area contributed by atoms with Crippen molar-refractivity contribution in [1.82, 2.24) is 10.6 Å². The lowest BCUT2D eigenvalue weighted by atomic mass is 10.2. The first-order chi connectivity index (χ1) is 8.47. The molecule has 0 unspecified atom stereocenters. The van der Waals surface area contributed by atoms with Crippen LogP contribution in [0.4, 0.5) is 0 Å². The van der Waals surface area contributed by atoms with Gasteiger partial charge in [0.1, 0.15) is 12.6 Å². The molecule has 0 radical (unpaired) electrons. The number of carbonyl (C=O) groups is 2. The minimum absolute atomic E-state index is 0.0230. The van der Waals surface area contributed by atoms with Crippen LogP contribution in [0.2, 0.25) is 0 Å². The maximum Gasteiger partial charge on any atom is 0.294 e. The highest BCUT2D eigenvalue weighted by Crippen LogP contribution is 2.01. The van der Waals surface area contributed by atoms with Crippen LogP contribution in [0.25, 0.3) is 0 Å². The summed E-state index contributed by atoms with van der Waals surface area (Å²) in [6.45, 7) is 1.14. The minimum atomic E-state index is -0.925. The minimum Gasteiger partial charge on any atom is -0.352 e. The lowest BCUT2D eigenvalue weighted by Crippen LogP contribution is -2.47. The molecule has 104 valence electrons. The molecule has 0 bridgehead atoms. The molecule has 9 heteroatoms. The summed E-state index contributed by atoms with van der Waals surface area (Å²) >= 11 is 1.56. The van der Waals surface area contributed by atoms with E-state index >= 15 is 0 Å². The Morgan fingerprint density at radius 2 is 2.17 bits per heavy atom. The average Bonchev–Trinajstić information content (AvgIpc) is 2.29. The van der Waals surface area contributed by atoms with Gasteiger partial charge in [0.25, 0.3) is 5.09 Å². The van der Waals surface area contributed by atoms with Crippen molar-refractivity contribution in [3.8, 4) is 0 Å². The van der Waals surface area contributed by atoms with Gasteiger partial charge in [0.05, 0.1) is 0 Å². The Balaban J connectivity index is 4.03. The van der Waals surface area contributed by atoms with Crippen molar-refractivity contribution >= 4 is 23.6 Å². The molecule has 0 saturated carbocycles. The molecule has 0 aromatic carbocycles. The van der Waals surface area contributed by atoms with Crippen molar-refractivity contribution in [2.75, 3.05) is 25.2 Å². The van der Waals surface area contributed by atoms with E-state index in [4.69, 9.17) is 0 Å². The normalized spacial score (nSPS) is 11.4. The second kappa shape index (κ2) is 9.51. The van der Waals surface area contributed by atoms with E-state index in [0.717, 1.165) is 5.75 Å². The molecule has 0 spiro atoms. The van der Waals surface area contributed by atoms with Crippen LogP contribution in [0, 0.1) is 10.1 Å². The summed E-state index contributed by atoms with van der Waals surface area (Å²) in [5.41, 5.74) is 0. The fourth-order valence-corrected chi connectivity index (χ4v) is 1.64. The fourth-order valence-electron chi connectivity index (χ4n) is 1.17. The van der Waals surface area contributed by atoms with Crippen molar-refractivity contribution in [3.05, 3.63) is 10.1 Å². The predicted octanol–water partition coefficient (Wildman–Crippen LogP) is -0.431. The molecule has 0 aliphatic heterocycles. The van der Waals surface area contributed by atoms with Crippen LogP contribution in [0.15, 0.2) is 0 Å². The van der Waals surface area contributed by atoms with E-state index in [9.17, 15) is 19.7 Å². The molecule has 18 heavy (non-hydrogen) atoms. The third-order valence-corrected chi connectivity index (χ3v) is 2.55. The van der Waals surface area contributed by atoms with Gasteiger partial charge in [0.2, 0.25) is 11.8 Å². The highest BCUT2D eigenvalue weighted by atomic mass is 32.2. The first kappa shape index (κ1) is 16.5. The SMILES string of the molecule is CSCC[C@H](NC(C)=O)C(=O)NCCO[N+](=O)[O-]. The van der Waals surface area contributed by atoms with Gasteiger partial charge < -0.3 is 15.5 Å². The molecule has 0 aliphatic carbocycles. The summed E-state index contributed by atoms with van der Waals surface area (Å²) < 4.78 is 0. The van der Waals surface area contributed by atoms with Gasteiger partial charge in [-0.25, -0.2) is 0 Å². The molecule has 0 aromatic rings. The fraction of sp³-hybridized carbons (Fsp3) is 0.778. The van der Waals surface area contributed by atoms with Crippen molar-refractivity contribution in [2.24, 2.45) is 0 Å². The highest BCUT2D eigenvalue weighted by Gasteiger charge is 2.18. The molecule has 1 atom stereocenters. The zero-order valence-electron chi connectivity index (χ0n) is 10.3. The quantitative estimate of drug-likeness (QED) is 0.336. The third kappa shape index (κ3) is 8.62. The van der Waals surface area contributed by atoms with Gasteiger partial charge in [-0.05, 0) is 18.4 Å². The smallest absolute Gasteiger partial charge is 0.294 e. The van der Waals surface area contributed by atoms with Crippen LogP contribution in [0.3, 0.4) is 0 Å². The lowest BCUT2D eigenvalue weighted by Gasteiger charge is -2.16. The molecular formula is C9H17N3O5S. The third-order valence-electron chi connectivity index (χ3n) is 1.90. The Bertz CT molecular complexity index is 300. The Hall–Kier alpha value is -1.51. The van der Waals surface area contributed by atoms with Crippen LogP contribution in [-0.4, -0.2) is 48.1 Å². The summed E-state index contributed by atoms with van der Waals surface area (Å²) in [5, 5.41) is 13.9. The van der Waals surface area contributed by atoms with Crippen molar-refractivity contribution < 1.29 is 19.5 Å². The maximum absolute atomic E-state index is 11.7. The number of rotatable bonds is 9. The van der Waals surface area contributed by atoms with Crippen molar-refractivity contribution in [2.45, 2.75) is 19.4 Å². The van der Waals surface area contributed by atoms with Gasteiger partial charge >= 0.3 is 0 Å². The van der Waals surface area contributed by atoms with Gasteiger partial charge in [-0.3, -0.25) is 9.59 Å². The van der Waals surface area contributed by atoms with Gasteiger partial charge in [-0.2, -0.15) is 11.8 Å². The van der Waals surface area contributed by atoms with Crippen LogP contribution in [0.5, 0.6) is 0 Å². The van der Waals surface area contributed by atoms with Gasteiger partial charge in [-0.15, -0.1) is 10.1 Å². The Morgan fingerprint density at radius 3 is 2.67 bits per heavy atom. The van der Waals surface area contributed by atoms with Crippen LogP contribution < -0.4 is 10.6 Å². The number of nitrogens with one attached hydrogen (secondary N) is 2. The van der Waals surface area contributed by atoms with E-state index in [1.165, 1.54) is 6.92 Å². The van der Waals surface area contributed by atoms with Gasteiger partial charge in [0.15, 0.2) is 0 Å². The monoisotopic (exact) mass is 279 g/mol. The Labute approximate surface area is 109 Å². The number of thioether (sulfide) groups is 1. The van der Waals surface area contributed by atoms with E-state index in [2.05, 4.69) is 15.5 Å². The van der Waals surface area contributed by atoms with Crippen LogP contribution in [-0.2, 0) is 14.4 Å². The predicted molar refractivity (Wildman–Crippen MR) is 66.6 cm³/mol. The Morgan fingerprint density at radius 1 is 1.50 bits per heavy atom. The second-order valence-corrected chi connectivity index (χ2v) is 4.37. The van der Waals surface area contributed by atoms with Crippen LogP contribution in [0.1, 0.15) is 13.3 Å². The highest BCUT2D eigenvalue weighted by molar-refractivity contribution is 7.98. The number of hydrogen-bond donors (Lipinski definition) is 2. The molecule has 2 N–H and O–H groups in total. The molecule has 0 saturated heterocycles. The maximum atomic E-state index is 11.7. The van der Waals surface area contributed by atoms with Crippen LogP contribution >= 0.6 is 11.8 Å². The van der Waals surface area contributed by atoms with E-state index in [1.807, 2.05) is 6.26 Å². The molecule has 2 amide bonds. The summed E-state index contributed by atoms with van der Waals surface area (Å²) in [6, 6.07) is -0.620. The molecule has 0 rings (SSSR count). The molecule has 8 nitrogen and oxygen atoms in total. The molecule has 0 aliphatic rings. The van der Waals surface area contributed by atoms with E-state index in [-0.39, 0.29) is 25.0 Å². The Kier molecular flexibility index (Phi) is 8.71. The second-order valence-electron chi connectivity index (χ2n) is 3.38. The standard InChI is InChI=1S/C9H17N3O5S/c1-7(13)11-8(3-6-18-2)9(14)10-4-5-17-12(15)16/h8H,3-6H2,1-2H3,(H,10,14)(H,11,13)/t8-/m0/s1. The zero-order valence-corrected chi connectivity index (χ0v) is 11.1. The van der Waals surface area contributed by atoms with Crippen molar-refractivity contribution in [1.29, 1.82) is 0 Å². The summed E-state index contributed by atoms with van der Waals surface area (Å²) in [4.78, 5) is 36.5. The molecule has 0 heterocycles. The molecular weight excluding hydrogens is 262 g/mol.